The molecule has 2 aromatic rings. The Kier molecular flexibility index (Phi) is 5.16. The van der Waals surface area contributed by atoms with Gasteiger partial charge in [-0.05, 0) is 48.4 Å². The second-order valence-electron chi connectivity index (χ2n) is 4.61. The second kappa shape index (κ2) is 7.08. The molecular formula is C16H17ClN2O. The predicted molar refractivity (Wildman–Crippen MR) is 81.8 cm³/mol. The largest absolute Gasteiger partial charge is 0.366 e. The molecule has 0 aliphatic carbocycles. The Bertz CT molecular complexity index is 564. The van der Waals surface area contributed by atoms with Crippen LogP contribution in [0.4, 0.5) is 0 Å². The third-order valence-corrected chi connectivity index (χ3v) is 3.32. The van der Waals surface area contributed by atoms with E-state index in [1.165, 1.54) is 5.56 Å². The van der Waals surface area contributed by atoms with Crippen LogP contribution in [0, 0.1) is 0 Å². The second-order valence-corrected chi connectivity index (χ2v) is 5.05. The van der Waals surface area contributed by atoms with E-state index in [1.807, 2.05) is 36.4 Å². The molecule has 1 amide bonds. The average molecular weight is 289 g/mol. The molecule has 0 saturated carbocycles. The van der Waals surface area contributed by atoms with E-state index in [9.17, 15) is 4.79 Å². The number of nitrogens with one attached hydrogen (secondary N) is 1. The highest BCUT2D eigenvalue weighted by molar-refractivity contribution is 6.30. The monoisotopic (exact) mass is 288 g/mol. The minimum Gasteiger partial charge on any atom is -0.366 e. The molecule has 0 unspecified atom stereocenters. The van der Waals surface area contributed by atoms with Crippen LogP contribution in [0.1, 0.15) is 21.5 Å². The highest BCUT2D eigenvalue weighted by Crippen LogP contribution is 2.09. The van der Waals surface area contributed by atoms with E-state index in [0.717, 1.165) is 30.1 Å². The number of rotatable bonds is 6. The third-order valence-electron chi connectivity index (χ3n) is 3.07. The highest BCUT2D eigenvalue weighted by atomic mass is 35.5. The summed E-state index contributed by atoms with van der Waals surface area (Å²) in [4.78, 5) is 11.0. The number of nitrogens with two attached hydrogens (primary N) is 1. The summed E-state index contributed by atoms with van der Waals surface area (Å²) >= 11 is 5.84. The van der Waals surface area contributed by atoms with E-state index in [4.69, 9.17) is 17.3 Å². The Hall–Kier alpha value is -1.84. The van der Waals surface area contributed by atoms with Crippen LogP contribution in [-0.2, 0) is 13.0 Å². The zero-order valence-corrected chi connectivity index (χ0v) is 11.9. The van der Waals surface area contributed by atoms with Gasteiger partial charge in [-0.15, -0.1) is 0 Å². The van der Waals surface area contributed by atoms with Crippen molar-refractivity contribution in [1.82, 2.24) is 5.32 Å². The Morgan fingerprint density at radius 2 is 1.60 bits per heavy atom. The molecule has 2 rings (SSSR count). The van der Waals surface area contributed by atoms with Crippen LogP contribution in [0.3, 0.4) is 0 Å². The molecule has 0 aromatic heterocycles. The van der Waals surface area contributed by atoms with E-state index < -0.39 is 5.91 Å². The lowest BCUT2D eigenvalue weighted by atomic mass is 10.1. The molecule has 0 atom stereocenters. The van der Waals surface area contributed by atoms with E-state index in [-0.39, 0.29) is 0 Å². The normalized spacial score (nSPS) is 10.4. The molecule has 2 aromatic carbocycles. The lowest BCUT2D eigenvalue weighted by molar-refractivity contribution is 0.100. The Balaban J connectivity index is 1.75. The fourth-order valence-corrected chi connectivity index (χ4v) is 2.03. The minimum absolute atomic E-state index is 0.396. The number of amides is 1. The number of carbonyl (C=O) groups is 1. The van der Waals surface area contributed by atoms with Gasteiger partial charge in [0, 0.05) is 17.1 Å². The van der Waals surface area contributed by atoms with Gasteiger partial charge >= 0.3 is 0 Å². The number of hydrogen-bond acceptors (Lipinski definition) is 2. The van der Waals surface area contributed by atoms with Crippen molar-refractivity contribution in [3.63, 3.8) is 0 Å². The molecule has 4 heteroatoms. The summed E-state index contributed by atoms with van der Waals surface area (Å²) in [5.41, 5.74) is 8.12. The van der Waals surface area contributed by atoms with Gasteiger partial charge in [0.25, 0.3) is 0 Å². The first kappa shape index (κ1) is 14.6. The van der Waals surface area contributed by atoms with Crippen LogP contribution < -0.4 is 11.1 Å². The third kappa shape index (κ3) is 4.37. The van der Waals surface area contributed by atoms with Crippen molar-refractivity contribution in [2.45, 2.75) is 13.0 Å². The lowest BCUT2D eigenvalue weighted by Crippen LogP contribution is -2.17. The van der Waals surface area contributed by atoms with Crippen LogP contribution in [-0.4, -0.2) is 12.5 Å². The number of halogens is 1. The standard InChI is InChI=1S/C16H17ClN2O/c17-15-7-3-12(4-8-15)9-10-19-11-13-1-5-14(6-2-13)16(18)20/h1-8,19H,9-11H2,(H2,18,20). The van der Waals surface area contributed by atoms with E-state index in [1.54, 1.807) is 12.1 Å². The number of benzene rings is 2. The molecule has 0 saturated heterocycles. The maximum absolute atomic E-state index is 11.0. The Labute approximate surface area is 123 Å². The lowest BCUT2D eigenvalue weighted by Gasteiger charge is -2.06. The summed E-state index contributed by atoms with van der Waals surface area (Å²) < 4.78 is 0. The van der Waals surface area contributed by atoms with Gasteiger partial charge in [-0.1, -0.05) is 35.9 Å². The topological polar surface area (TPSA) is 55.1 Å². The number of primary amides is 1. The van der Waals surface area contributed by atoms with Gasteiger partial charge in [0.05, 0.1) is 0 Å². The van der Waals surface area contributed by atoms with Crippen molar-refractivity contribution in [1.29, 1.82) is 0 Å². The molecule has 0 fully saturated rings. The van der Waals surface area contributed by atoms with Gasteiger partial charge in [0.15, 0.2) is 0 Å². The zero-order valence-electron chi connectivity index (χ0n) is 11.1. The molecule has 0 radical (unpaired) electrons. The zero-order chi connectivity index (χ0) is 14.4. The number of carbonyl (C=O) groups excluding carboxylic acids is 1. The first-order chi connectivity index (χ1) is 9.65. The first-order valence-electron chi connectivity index (χ1n) is 6.49. The van der Waals surface area contributed by atoms with Gasteiger partial charge in [0.2, 0.25) is 5.91 Å². The van der Waals surface area contributed by atoms with Crippen molar-refractivity contribution in [3.8, 4) is 0 Å². The first-order valence-corrected chi connectivity index (χ1v) is 6.87. The highest BCUT2D eigenvalue weighted by Gasteiger charge is 1.99. The Morgan fingerprint density at radius 1 is 1.00 bits per heavy atom. The summed E-state index contributed by atoms with van der Waals surface area (Å²) in [5.74, 6) is -0.396. The van der Waals surface area contributed by atoms with Crippen LogP contribution in [0.5, 0.6) is 0 Å². The van der Waals surface area contributed by atoms with Gasteiger partial charge in [-0.3, -0.25) is 4.79 Å². The minimum atomic E-state index is -0.396. The molecule has 3 N–H and O–H groups in total. The van der Waals surface area contributed by atoms with Crippen LogP contribution in [0.15, 0.2) is 48.5 Å². The maximum Gasteiger partial charge on any atom is 0.248 e. The van der Waals surface area contributed by atoms with Crippen molar-refractivity contribution < 1.29 is 4.79 Å². The summed E-state index contributed by atoms with van der Waals surface area (Å²) in [5, 5.41) is 4.12. The van der Waals surface area contributed by atoms with Crippen molar-refractivity contribution in [3.05, 3.63) is 70.2 Å². The van der Waals surface area contributed by atoms with E-state index >= 15 is 0 Å². The Morgan fingerprint density at radius 3 is 2.20 bits per heavy atom. The fourth-order valence-electron chi connectivity index (χ4n) is 1.90. The van der Waals surface area contributed by atoms with Gasteiger partial charge < -0.3 is 11.1 Å². The van der Waals surface area contributed by atoms with Gasteiger partial charge in [-0.25, -0.2) is 0 Å². The van der Waals surface area contributed by atoms with Crippen molar-refractivity contribution in [2.75, 3.05) is 6.54 Å². The summed E-state index contributed by atoms with van der Waals surface area (Å²) in [6, 6.07) is 15.2. The maximum atomic E-state index is 11.0. The summed E-state index contributed by atoms with van der Waals surface area (Å²) in [6.07, 6.45) is 0.955. The fraction of sp³-hybridized carbons (Fsp3) is 0.188. The average Bonchev–Trinajstić information content (AvgIpc) is 2.46. The molecule has 0 aliphatic rings. The van der Waals surface area contributed by atoms with Crippen LogP contribution in [0.25, 0.3) is 0 Å². The quantitative estimate of drug-likeness (QED) is 0.803. The number of hydrogen-bond donors (Lipinski definition) is 2. The predicted octanol–water partition coefficient (Wildman–Crippen LogP) is 2.77. The molecular weight excluding hydrogens is 272 g/mol. The molecule has 104 valence electrons. The van der Waals surface area contributed by atoms with Crippen LogP contribution >= 0.6 is 11.6 Å². The molecule has 0 bridgehead atoms. The van der Waals surface area contributed by atoms with Gasteiger partial charge in [-0.2, -0.15) is 0 Å². The molecule has 20 heavy (non-hydrogen) atoms. The summed E-state index contributed by atoms with van der Waals surface area (Å²) in [6.45, 7) is 1.66. The molecule has 3 nitrogen and oxygen atoms in total. The smallest absolute Gasteiger partial charge is 0.248 e. The van der Waals surface area contributed by atoms with Crippen LogP contribution in [0.2, 0.25) is 5.02 Å². The molecule has 0 spiro atoms. The summed E-state index contributed by atoms with van der Waals surface area (Å²) in [7, 11) is 0. The van der Waals surface area contributed by atoms with Crippen molar-refractivity contribution >= 4 is 17.5 Å². The van der Waals surface area contributed by atoms with Gasteiger partial charge in [0.1, 0.15) is 0 Å². The SMILES string of the molecule is NC(=O)c1ccc(CNCCc2ccc(Cl)cc2)cc1. The van der Waals surface area contributed by atoms with E-state index in [0.29, 0.717) is 5.56 Å². The van der Waals surface area contributed by atoms with Crippen molar-refractivity contribution in [2.24, 2.45) is 5.73 Å². The van der Waals surface area contributed by atoms with E-state index in [2.05, 4.69) is 5.32 Å². The molecule has 0 heterocycles. The molecule has 0 aliphatic heterocycles.